The van der Waals surface area contributed by atoms with Gasteiger partial charge in [-0.05, 0) is 24.6 Å². The predicted octanol–water partition coefficient (Wildman–Crippen LogP) is 1.70. The second-order valence-electron chi connectivity index (χ2n) is 2.98. The zero-order valence-electron chi connectivity index (χ0n) is 7.88. The third-order valence-electron chi connectivity index (χ3n) is 1.76. The molecule has 0 spiro atoms. The summed E-state index contributed by atoms with van der Waals surface area (Å²) in [7, 11) is 0. The Labute approximate surface area is 81.9 Å². The quantitative estimate of drug-likeness (QED) is 0.716. The molecule has 0 N–H and O–H groups in total. The first-order chi connectivity index (χ1) is 6.77. The highest BCUT2D eigenvalue weighted by atomic mass is 15.4. The van der Waals surface area contributed by atoms with E-state index in [4.69, 9.17) is 0 Å². The van der Waals surface area contributed by atoms with Crippen molar-refractivity contribution in [1.29, 1.82) is 0 Å². The largest absolute Gasteiger partial charge is 0.237 e. The average molecular weight is 186 g/mol. The Morgan fingerprint density at radius 1 is 1.36 bits per heavy atom. The van der Waals surface area contributed by atoms with Gasteiger partial charge in [0.2, 0.25) is 0 Å². The van der Waals surface area contributed by atoms with Gasteiger partial charge in [-0.2, -0.15) is 0 Å². The zero-order chi connectivity index (χ0) is 9.97. The molecule has 2 heterocycles. The van der Waals surface area contributed by atoms with Crippen LogP contribution in [0.15, 0.2) is 37.3 Å². The van der Waals surface area contributed by atoms with Crippen molar-refractivity contribution in [1.82, 2.24) is 19.7 Å². The van der Waals surface area contributed by atoms with Crippen LogP contribution in [-0.2, 0) is 0 Å². The third-order valence-corrected chi connectivity index (χ3v) is 1.76. The normalized spacial score (nSPS) is 10.1. The van der Waals surface area contributed by atoms with Crippen LogP contribution in [0.5, 0.6) is 0 Å². The maximum absolute atomic E-state index is 4.22. The number of rotatable bonds is 2. The molecule has 0 bridgehead atoms. The Hall–Kier alpha value is -1.97. The Balaban J connectivity index is 2.39. The van der Waals surface area contributed by atoms with Crippen LogP contribution < -0.4 is 0 Å². The first-order valence-electron chi connectivity index (χ1n) is 4.26. The van der Waals surface area contributed by atoms with Gasteiger partial charge in [0.15, 0.2) is 11.6 Å². The van der Waals surface area contributed by atoms with Gasteiger partial charge >= 0.3 is 0 Å². The number of hydrogen-bond donors (Lipinski definition) is 0. The Bertz CT molecular complexity index is 444. The average Bonchev–Trinajstić information content (AvgIpc) is 2.68. The standard InChI is InChI=1S/C10H10N4/c1-8(2)10-12-7-14(13-10)9-5-3-4-6-11-9/h3-7H,1H2,2H3. The number of hydrogen-bond acceptors (Lipinski definition) is 3. The number of nitrogens with zero attached hydrogens (tertiary/aromatic N) is 4. The molecule has 70 valence electrons. The summed E-state index contributed by atoms with van der Waals surface area (Å²) in [5, 5.41) is 4.22. The van der Waals surface area contributed by atoms with Gasteiger partial charge in [0.1, 0.15) is 6.33 Å². The molecular weight excluding hydrogens is 176 g/mol. The molecule has 0 aliphatic rings. The van der Waals surface area contributed by atoms with Crippen LogP contribution in [0.1, 0.15) is 12.7 Å². The first-order valence-corrected chi connectivity index (χ1v) is 4.26. The highest BCUT2D eigenvalue weighted by Gasteiger charge is 2.02. The molecule has 0 radical (unpaired) electrons. The topological polar surface area (TPSA) is 43.6 Å². The van der Waals surface area contributed by atoms with E-state index in [1.807, 2.05) is 25.1 Å². The molecule has 2 aromatic heterocycles. The number of allylic oxidation sites excluding steroid dienone is 1. The van der Waals surface area contributed by atoms with Gasteiger partial charge < -0.3 is 0 Å². The second-order valence-corrected chi connectivity index (χ2v) is 2.98. The molecule has 0 aliphatic heterocycles. The van der Waals surface area contributed by atoms with Crippen molar-refractivity contribution in [3.05, 3.63) is 43.1 Å². The smallest absolute Gasteiger partial charge is 0.176 e. The lowest BCUT2D eigenvalue weighted by Gasteiger charge is -1.96. The summed E-state index contributed by atoms with van der Waals surface area (Å²) >= 11 is 0. The van der Waals surface area contributed by atoms with Crippen molar-refractivity contribution in [3.8, 4) is 5.82 Å². The van der Waals surface area contributed by atoms with Gasteiger partial charge in [-0.25, -0.2) is 14.6 Å². The molecule has 2 rings (SSSR count). The van der Waals surface area contributed by atoms with Crippen LogP contribution in [-0.4, -0.2) is 19.7 Å². The highest BCUT2D eigenvalue weighted by molar-refractivity contribution is 5.53. The van der Waals surface area contributed by atoms with Gasteiger partial charge in [-0.3, -0.25) is 0 Å². The van der Waals surface area contributed by atoms with Gasteiger partial charge in [-0.1, -0.05) is 12.6 Å². The van der Waals surface area contributed by atoms with E-state index in [9.17, 15) is 0 Å². The highest BCUT2D eigenvalue weighted by Crippen LogP contribution is 2.06. The van der Waals surface area contributed by atoms with Crippen LogP contribution in [0.25, 0.3) is 11.4 Å². The zero-order valence-corrected chi connectivity index (χ0v) is 7.88. The maximum atomic E-state index is 4.22. The first kappa shape index (κ1) is 8.62. The van der Waals surface area contributed by atoms with Crippen LogP contribution >= 0.6 is 0 Å². The van der Waals surface area contributed by atoms with Crippen molar-refractivity contribution in [2.45, 2.75) is 6.92 Å². The molecule has 0 atom stereocenters. The van der Waals surface area contributed by atoms with Crippen LogP contribution in [0.3, 0.4) is 0 Å². The van der Waals surface area contributed by atoms with Gasteiger partial charge in [0.05, 0.1) is 0 Å². The molecule has 0 amide bonds. The minimum atomic E-state index is 0.649. The van der Waals surface area contributed by atoms with E-state index < -0.39 is 0 Å². The summed E-state index contributed by atoms with van der Waals surface area (Å²) in [6, 6.07) is 5.64. The monoisotopic (exact) mass is 186 g/mol. The van der Waals surface area contributed by atoms with Crippen LogP contribution in [0.2, 0.25) is 0 Å². The van der Waals surface area contributed by atoms with Crippen molar-refractivity contribution >= 4 is 5.57 Å². The van der Waals surface area contributed by atoms with Gasteiger partial charge in [-0.15, -0.1) is 5.10 Å². The fraction of sp³-hybridized carbons (Fsp3) is 0.100. The third kappa shape index (κ3) is 1.54. The van der Waals surface area contributed by atoms with E-state index in [0.717, 1.165) is 11.4 Å². The molecule has 4 nitrogen and oxygen atoms in total. The molecular formula is C10H10N4. The van der Waals surface area contributed by atoms with E-state index in [1.54, 1.807) is 17.2 Å². The molecule has 4 heteroatoms. The number of aromatic nitrogens is 4. The summed E-state index contributed by atoms with van der Waals surface area (Å²) in [5.74, 6) is 1.41. The van der Waals surface area contributed by atoms with E-state index in [2.05, 4.69) is 21.6 Å². The van der Waals surface area contributed by atoms with E-state index in [1.165, 1.54) is 0 Å². The van der Waals surface area contributed by atoms with E-state index in [-0.39, 0.29) is 0 Å². The molecule has 0 saturated heterocycles. The molecule has 14 heavy (non-hydrogen) atoms. The van der Waals surface area contributed by atoms with Crippen molar-refractivity contribution < 1.29 is 0 Å². The summed E-state index contributed by atoms with van der Waals surface area (Å²) in [4.78, 5) is 8.26. The molecule has 0 saturated carbocycles. The molecule has 0 fully saturated rings. The van der Waals surface area contributed by atoms with Gasteiger partial charge in [0, 0.05) is 6.20 Å². The Morgan fingerprint density at radius 3 is 2.79 bits per heavy atom. The molecule has 2 aromatic rings. The van der Waals surface area contributed by atoms with Crippen molar-refractivity contribution in [2.75, 3.05) is 0 Å². The fourth-order valence-corrected chi connectivity index (χ4v) is 1.06. The predicted molar refractivity (Wildman–Crippen MR) is 53.9 cm³/mol. The lowest BCUT2D eigenvalue weighted by molar-refractivity contribution is 0.840. The number of pyridine rings is 1. The second kappa shape index (κ2) is 3.41. The van der Waals surface area contributed by atoms with Crippen LogP contribution in [0.4, 0.5) is 0 Å². The van der Waals surface area contributed by atoms with Crippen molar-refractivity contribution in [2.24, 2.45) is 0 Å². The summed E-state index contributed by atoms with van der Waals surface area (Å²) in [6.07, 6.45) is 3.35. The Morgan fingerprint density at radius 2 is 2.21 bits per heavy atom. The SMILES string of the molecule is C=C(C)c1ncn(-c2ccccn2)n1. The fourth-order valence-electron chi connectivity index (χ4n) is 1.06. The molecule has 0 aromatic carbocycles. The van der Waals surface area contributed by atoms with Gasteiger partial charge in [0.25, 0.3) is 0 Å². The van der Waals surface area contributed by atoms with E-state index >= 15 is 0 Å². The molecule has 0 unspecified atom stereocenters. The summed E-state index contributed by atoms with van der Waals surface area (Å²) in [6.45, 7) is 5.65. The minimum absolute atomic E-state index is 0.649. The summed E-state index contributed by atoms with van der Waals surface area (Å²) < 4.78 is 1.63. The summed E-state index contributed by atoms with van der Waals surface area (Å²) in [5.41, 5.74) is 0.847. The lowest BCUT2D eigenvalue weighted by atomic mass is 10.3. The van der Waals surface area contributed by atoms with E-state index in [0.29, 0.717) is 5.82 Å². The minimum Gasteiger partial charge on any atom is -0.237 e. The Kier molecular flexibility index (Phi) is 2.10. The van der Waals surface area contributed by atoms with Crippen molar-refractivity contribution in [3.63, 3.8) is 0 Å². The molecule has 0 aliphatic carbocycles. The van der Waals surface area contributed by atoms with Crippen LogP contribution in [0, 0.1) is 0 Å². The maximum Gasteiger partial charge on any atom is 0.176 e. The lowest BCUT2D eigenvalue weighted by Crippen LogP contribution is -1.97.